The first kappa shape index (κ1) is 15.6. The lowest BCUT2D eigenvalue weighted by atomic mass is 10.0. The van der Waals surface area contributed by atoms with Crippen LogP contribution in [0.15, 0.2) is 28.8 Å². The Morgan fingerprint density at radius 2 is 2.16 bits per heavy atom. The minimum absolute atomic E-state index is 0.0103. The minimum Gasteiger partial charge on any atom is -0.344 e. The first-order valence-electron chi connectivity index (χ1n) is 8.26. The number of carbonyl (C=O) groups excluding carboxylic acids is 1. The van der Waals surface area contributed by atoms with E-state index in [1.54, 1.807) is 24.7 Å². The van der Waals surface area contributed by atoms with Gasteiger partial charge in [0.2, 0.25) is 0 Å². The molecule has 1 N–H and O–H groups in total. The van der Waals surface area contributed by atoms with Crippen LogP contribution in [0, 0.1) is 13.8 Å². The number of fused-ring (bicyclic) bond motifs is 1. The van der Waals surface area contributed by atoms with Crippen molar-refractivity contribution in [3.8, 4) is 11.5 Å². The summed E-state index contributed by atoms with van der Waals surface area (Å²) in [6, 6.07) is 7.88. The van der Waals surface area contributed by atoms with Crippen LogP contribution in [0.1, 0.15) is 45.6 Å². The van der Waals surface area contributed by atoms with Crippen LogP contribution >= 0.6 is 0 Å². The molecule has 1 aliphatic carbocycles. The van der Waals surface area contributed by atoms with Gasteiger partial charge in [0.15, 0.2) is 5.82 Å². The van der Waals surface area contributed by atoms with Crippen LogP contribution in [0.2, 0.25) is 0 Å². The van der Waals surface area contributed by atoms with Crippen LogP contribution in [-0.2, 0) is 13.5 Å². The van der Waals surface area contributed by atoms with E-state index in [0.29, 0.717) is 17.4 Å². The molecule has 0 saturated heterocycles. The average Bonchev–Trinajstić information content (AvgIpc) is 3.26. The van der Waals surface area contributed by atoms with Crippen molar-refractivity contribution in [2.24, 2.45) is 7.05 Å². The molecular formula is C18H19N5O2. The Hall–Kier alpha value is -2.96. The van der Waals surface area contributed by atoms with Gasteiger partial charge in [0.1, 0.15) is 5.69 Å². The summed E-state index contributed by atoms with van der Waals surface area (Å²) >= 11 is 0. The first-order chi connectivity index (χ1) is 12.0. The van der Waals surface area contributed by atoms with Crippen molar-refractivity contribution in [1.29, 1.82) is 0 Å². The van der Waals surface area contributed by atoms with Crippen molar-refractivity contribution in [3.05, 3.63) is 52.6 Å². The average molecular weight is 337 g/mol. The molecule has 0 saturated carbocycles. The Bertz CT molecular complexity index is 956. The van der Waals surface area contributed by atoms with Crippen LogP contribution in [0.5, 0.6) is 0 Å². The Kier molecular flexibility index (Phi) is 3.63. The third-order valence-corrected chi connectivity index (χ3v) is 4.54. The molecule has 1 amide bonds. The normalized spacial score (nSPS) is 16.0. The number of hydrogen-bond donors (Lipinski definition) is 1. The van der Waals surface area contributed by atoms with E-state index < -0.39 is 0 Å². The van der Waals surface area contributed by atoms with Crippen LogP contribution in [0.3, 0.4) is 0 Å². The molecule has 1 unspecified atom stereocenters. The van der Waals surface area contributed by atoms with Crippen molar-refractivity contribution in [1.82, 2.24) is 25.2 Å². The fraction of sp³-hybridized carbons (Fsp3) is 0.333. The van der Waals surface area contributed by atoms with E-state index in [0.717, 1.165) is 29.7 Å². The molecule has 1 aromatic carbocycles. The molecule has 0 radical (unpaired) electrons. The molecule has 3 aromatic rings. The predicted molar refractivity (Wildman–Crippen MR) is 90.9 cm³/mol. The third-order valence-electron chi connectivity index (χ3n) is 4.54. The zero-order chi connectivity index (χ0) is 17.6. The summed E-state index contributed by atoms with van der Waals surface area (Å²) in [5.74, 6) is 1.04. The minimum atomic E-state index is -0.0995. The van der Waals surface area contributed by atoms with E-state index in [4.69, 9.17) is 4.52 Å². The fourth-order valence-corrected chi connectivity index (χ4v) is 3.37. The summed E-state index contributed by atoms with van der Waals surface area (Å²) in [5, 5.41) is 11.2. The molecule has 4 rings (SSSR count). The van der Waals surface area contributed by atoms with Gasteiger partial charge in [-0.2, -0.15) is 10.1 Å². The Morgan fingerprint density at radius 3 is 2.84 bits per heavy atom. The van der Waals surface area contributed by atoms with Crippen LogP contribution in [-0.4, -0.2) is 25.8 Å². The lowest BCUT2D eigenvalue weighted by molar-refractivity contribution is 0.0927. The molecule has 1 atom stereocenters. The first-order valence-corrected chi connectivity index (χ1v) is 8.26. The smallest absolute Gasteiger partial charge is 0.270 e. The van der Waals surface area contributed by atoms with Gasteiger partial charge >= 0.3 is 0 Å². The maximum absolute atomic E-state index is 12.5. The van der Waals surface area contributed by atoms with E-state index in [-0.39, 0.29) is 11.9 Å². The van der Waals surface area contributed by atoms with Gasteiger partial charge in [0, 0.05) is 12.6 Å². The number of nitrogens with one attached hydrogen (secondary N) is 1. The van der Waals surface area contributed by atoms with Gasteiger partial charge in [-0.25, -0.2) is 0 Å². The maximum Gasteiger partial charge on any atom is 0.270 e. The highest BCUT2D eigenvalue weighted by Crippen LogP contribution is 2.34. The molecule has 0 bridgehead atoms. The van der Waals surface area contributed by atoms with Crippen molar-refractivity contribution in [3.63, 3.8) is 0 Å². The summed E-state index contributed by atoms with van der Waals surface area (Å²) in [7, 11) is 1.78. The van der Waals surface area contributed by atoms with E-state index in [1.165, 1.54) is 5.56 Å². The van der Waals surface area contributed by atoms with Crippen molar-refractivity contribution in [2.45, 2.75) is 32.7 Å². The lowest BCUT2D eigenvalue weighted by Gasteiger charge is -2.14. The zero-order valence-corrected chi connectivity index (χ0v) is 14.4. The van der Waals surface area contributed by atoms with Crippen molar-refractivity contribution in [2.75, 3.05) is 0 Å². The third kappa shape index (κ3) is 2.82. The molecule has 7 heteroatoms. The molecule has 0 fully saturated rings. The second-order valence-electron chi connectivity index (χ2n) is 6.42. The number of rotatable bonds is 3. The van der Waals surface area contributed by atoms with Crippen LogP contribution < -0.4 is 5.32 Å². The quantitative estimate of drug-likeness (QED) is 0.793. The number of nitrogens with zero attached hydrogens (tertiary/aromatic N) is 4. The molecule has 128 valence electrons. The van der Waals surface area contributed by atoms with E-state index in [2.05, 4.69) is 26.6 Å². The Balaban J connectivity index is 1.56. The van der Waals surface area contributed by atoms with E-state index in [1.807, 2.05) is 19.1 Å². The molecular weight excluding hydrogens is 318 g/mol. The zero-order valence-electron chi connectivity index (χ0n) is 14.4. The standard InChI is InChI=1S/C18H19N5O2/c1-10-8-16(23(3)21-10)17(24)20-15-7-5-12-9-13(4-6-14(12)15)18-19-11(2)22-25-18/h4,6,8-9,15H,5,7H2,1-3H3,(H,20,24). The molecule has 2 heterocycles. The maximum atomic E-state index is 12.5. The summed E-state index contributed by atoms with van der Waals surface area (Å²) in [6.45, 7) is 3.68. The van der Waals surface area contributed by atoms with Gasteiger partial charge in [-0.05, 0) is 56.0 Å². The highest BCUT2D eigenvalue weighted by atomic mass is 16.5. The summed E-state index contributed by atoms with van der Waals surface area (Å²) in [4.78, 5) is 16.8. The second kappa shape index (κ2) is 5.84. The Labute approximate surface area is 145 Å². The summed E-state index contributed by atoms with van der Waals surface area (Å²) < 4.78 is 6.85. The monoisotopic (exact) mass is 337 g/mol. The highest BCUT2D eigenvalue weighted by molar-refractivity contribution is 5.93. The molecule has 0 spiro atoms. The SMILES string of the molecule is Cc1cc(C(=O)NC2CCc3cc(-c4nc(C)no4)ccc32)n(C)n1. The summed E-state index contributed by atoms with van der Waals surface area (Å²) in [6.07, 6.45) is 1.79. The largest absolute Gasteiger partial charge is 0.344 e. The second-order valence-corrected chi connectivity index (χ2v) is 6.42. The predicted octanol–water partition coefficient (Wildman–Crippen LogP) is 2.50. The number of hydrogen-bond acceptors (Lipinski definition) is 5. The fourth-order valence-electron chi connectivity index (χ4n) is 3.37. The van der Waals surface area contributed by atoms with Gasteiger partial charge in [0.25, 0.3) is 11.8 Å². The number of aryl methyl sites for hydroxylation is 4. The van der Waals surface area contributed by atoms with Crippen molar-refractivity contribution < 1.29 is 9.32 Å². The lowest BCUT2D eigenvalue weighted by Crippen LogP contribution is -2.28. The van der Waals surface area contributed by atoms with E-state index >= 15 is 0 Å². The topological polar surface area (TPSA) is 85.8 Å². The number of carbonyl (C=O) groups is 1. The molecule has 7 nitrogen and oxygen atoms in total. The highest BCUT2D eigenvalue weighted by Gasteiger charge is 2.26. The molecule has 2 aromatic heterocycles. The van der Waals surface area contributed by atoms with Crippen LogP contribution in [0.25, 0.3) is 11.5 Å². The Morgan fingerprint density at radius 1 is 1.32 bits per heavy atom. The van der Waals surface area contributed by atoms with Gasteiger partial charge in [-0.3, -0.25) is 9.48 Å². The summed E-state index contributed by atoms with van der Waals surface area (Å²) in [5.41, 5.74) is 4.67. The van der Waals surface area contributed by atoms with Gasteiger partial charge < -0.3 is 9.84 Å². The van der Waals surface area contributed by atoms with Gasteiger partial charge in [-0.1, -0.05) is 11.2 Å². The van der Waals surface area contributed by atoms with Gasteiger partial charge in [-0.15, -0.1) is 0 Å². The molecule has 0 aliphatic heterocycles. The number of benzene rings is 1. The van der Waals surface area contributed by atoms with Crippen molar-refractivity contribution >= 4 is 5.91 Å². The van der Waals surface area contributed by atoms with Crippen LogP contribution in [0.4, 0.5) is 0 Å². The van der Waals surface area contributed by atoms with Gasteiger partial charge in [0.05, 0.1) is 11.7 Å². The molecule has 25 heavy (non-hydrogen) atoms. The number of aromatic nitrogens is 4. The molecule has 1 aliphatic rings. The number of amides is 1. The van der Waals surface area contributed by atoms with E-state index in [9.17, 15) is 4.79 Å².